The molecule has 230 valence electrons. The highest BCUT2D eigenvalue weighted by atomic mass is 15.3. The van der Waals surface area contributed by atoms with Gasteiger partial charge in [0.1, 0.15) is 0 Å². The highest BCUT2D eigenvalue weighted by molar-refractivity contribution is 6.18. The van der Waals surface area contributed by atoms with Gasteiger partial charge in [-0.1, -0.05) is 97.1 Å². The largest absolute Gasteiger partial charge is 0.316 e. The van der Waals surface area contributed by atoms with Crippen molar-refractivity contribution in [3.05, 3.63) is 176 Å². The summed E-state index contributed by atoms with van der Waals surface area (Å²) >= 11 is 0. The Morgan fingerprint density at radius 1 is 0.408 bits per heavy atom. The fourth-order valence-corrected chi connectivity index (χ4v) is 7.24. The van der Waals surface area contributed by atoms with Crippen LogP contribution in [0.15, 0.2) is 176 Å². The van der Waals surface area contributed by atoms with Crippen LogP contribution in [0.25, 0.3) is 83.4 Å². The van der Waals surface area contributed by atoms with Crippen LogP contribution in [0, 0.1) is 0 Å². The van der Waals surface area contributed by atoms with Gasteiger partial charge in [0.25, 0.3) is 0 Å². The maximum Gasteiger partial charge on any atom is 0.182 e. The SMILES string of the molecule is c1ccc(-c2ccc(-c3cccn4nc(-c5ccc(-n6c7ccccc7c7ccc8c(ccn8-c8ccccc8)c76)cc5)nc34)cc2)cc1. The molecule has 0 radical (unpaired) electrons. The second-order valence-corrected chi connectivity index (χ2v) is 12.4. The fraction of sp³-hybridized carbons (Fsp3) is 0. The number of pyridine rings is 1. The summed E-state index contributed by atoms with van der Waals surface area (Å²) < 4.78 is 6.53. The van der Waals surface area contributed by atoms with E-state index < -0.39 is 0 Å². The first-order chi connectivity index (χ1) is 24.3. The maximum absolute atomic E-state index is 5.05. The molecule has 5 nitrogen and oxygen atoms in total. The van der Waals surface area contributed by atoms with Crippen LogP contribution in [0.2, 0.25) is 0 Å². The van der Waals surface area contributed by atoms with E-state index in [1.807, 2.05) is 22.8 Å². The van der Waals surface area contributed by atoms with Crippen LogP contribution >= 0.6 is 0 Å². The number of nitrogens with zero attached hydrogens (tertiary/aromatic N) is 5. The normalized spacial score (nSPS) is 11.7. The third kappa shape index (κ3) is 4.40. The number of para-hydroxylation sites is 2. The average Bonchev–Trinajstić information content (AvgIpc) is 3.90. The third-order valence-corrected chi connectivity index (χ3v) is 9.59. The summed E-state index contributed by atoms with van der Waals surface area (Å²) in [7, 11) is 0. The van der Waals surface area contributed by atoms with Crippen LogP contribution in [0.1, 0.15) is 0 Å². The van der Waals surface area contributed by atoms with Gasteiger partial charge in [0.15, 0.2) is 11.5 Å². The number of benzene rings is 6. The quantitative estimate of drug-likeness (QED) is 0.190. The predicted octanol–water partition coefficient (Wildman–Crippen LogP) is 10.8. The summed E-state index contributed by atoms with van der Waals surface area (Å²) in [5, 5.41) is 8.59. The van der Waals surface area contributed by atoms with E-state index in [4.69, 9.17) is 10.1 Å². The van der Waals surface area contributed by atoms with E-state index >= 15 is 0 Å². The molecule has 0 atom stereocenters. The van der Waals surface area contributed by atoms with Gasteiger partial charge in [0, 0.05) is 51.1 Å². The first-order valence-corrected chi connectivity index (χ1v) is 16.5. The van der Waals surface area contributed by atoms with Crippen molar-refractivity contribution < 1.29 is 0 Å². The molecule has 0 unspecified atom stereocenters. The van der Waals surface area contributed by atoms with E-state index in [1.54, 1.807) is 0 Å². The van der Waals surface area contributed by atoms with Crippen molar-refractivity contribution in [1.29, 1.82) is 0 Å². The smallest absolute Gasteiger partial charge is 0.182 e. The second kappa shape index (κ2) is 10.9. The number of hydrogen-bond donors (Lipinski definition) is 0. The van der Waals surface area contributed by atoms with E-state index in [0.717, 1.165) is 33.7 Å². The molecule has 0 aliphatic heterocycles. The van der Waals surface area contributed by atoms with E-state index in [1.165, 1.54) is 43.8 Å². The molecule has 0 amide bonds. The zero-order chi connectivity index (χ0) is 32.3. The first kappa shape index (κ1) is 27.4. The van der Waals surface area contributed by atoms with Crippen molar-refractivity contribution >= 4 is 38.4 Å². The van der Waals surface area contributed by atoms with Crippen LogP contribution in [0.5, 0.6) is 0 Å². The summed E-state index contributed by atoms with van der Waals surface area (Å²) in [5.74, 6) is 0.699. The monoisotopic (exact) mass is 627 g/mol. The fourth-order valence-electron chi connectivity index (χ4n) is 7.24. The van der Waals surface area contributed by atoms with Crippen molar-refractivity contribution in [1.82, 2.24) is 23.7 Å². The van der Waals surface area contributed by atoms with E-state index in [2.05, 4.69) is 167 Å². The Bertz CT molecular complexity index is 2790. The molecule has 0 aliphatic rings. The first-order valence-electron chi connectivity index (χ1n) is 16.5. The molecule has 10 rings (SSSR count). The van der Waals surface area contributed by atoms with Gasteiger partial charge in [-0.2, -0.15) is 0 Å². The zero-order valence-corrected chi connectivity index (χ0v) is 26.5. The van der Waals surface area contributed by atoms with Crippen molar-refractivity contribution in [2.24, 2.45) is 0 Å². The van der Waals surface area contributed by atoms with Crippen LogP contribution in [-0.4, -0.2) is 23.7 Å². The lowest BCUT2D eigenvalue weighted by molar-refractivity contribution is 0.966. The van der Waals surface area contributed by atoms with Crippen molar-refractivity contribution in [3.8, 4) is 45.0 Å². The molecule has 0 bridgehead atoms. The van der Waals surface area contributed by atoms with Gasteiger partial charge >= 0.3 is 0 Å². The van der Waals surface area contributed by atoms with Crippen molar-refractivity contribution in [3.63, 3.8) is 0 Å². The second-order valence-electron chi connectivity index (χ2n) is 12.4. The summed E-state index contributed by atoms with van der Waals surface area (Å²) in [5.41, 5.74) is 12.2. The maximum atomic E-state index is 5.05. The number of hydrogen-bond acceptors (Lipinski definition) is 2. The Balaban J connectivity index is 1.06. The van der Waals surface area contributed by atoms with Gasteiger partial charge in [-0.15, -0.1) is 5.10 Å². The van der Waals surface area contributed by atoms with Gasteiger partial charge < -0.3 is 9.13 Å². The summed E-state index contributed by atoms with van der Waals surface area (Å²) in [6.45, 7) is 0. The van der Waals surface area contributed by atoms with Crippen LogP contribution in [0.3, 0.4) is 0 Å². The highest BCUT2D eigenvalue weighted by Crippen LogP contribution is 2.38. The van der Waals surface area contributed by atoms with Gasteiger partial charge in [-0.25, -0.2) is 9.50 Å². The van der Waals surface area contributed by atoms with Gasteiger partial charge in [-0.3, -0.25) is 0 Å². The van der Waals surface area contributed by atoms with E-state index in [0.29, 0.717) is 5.82 Å². The lowest BCUT2D eigenvalue weighted by atomic mass is 10.0. The Kier molecular flexibility index (Phi) is 6.11. The topological polar surface area (TPSA) is 40.0 Å². The minimum absolute atomic E-state index is 0.699. The number of fused-ring (bicyclic) bond motifs is 6. The molecule has 6 aromatic carbocycles. The predicted molar refractivity (Wildman–Crippen MR) is 200 cm³/mol. The minimum Gasteiger partial charge on any atom is -0.316 e. The van der Waals surface area contributed by atoms with Gasteiger partial charge in [0.2, 0.25) is 0 Å². The van der Waals surface area contributed by atoms with Crippen LogP contribution < -0.4 is 0 Å². The average molecular weight is 628 g/mol. The van der Waals surface area contributed by atoms with Gasteiger partial charge in [0.05, 0.1) is 16.6 Å². The molecule has 0 fully saturated rings. The highest BCUT2D eigenvalue weighted by Gasteiger charge is 2.18. The molecule has 10 aromatic rings. The third-order valence-electron chi connectivity index (χ3n) is 9.59. The Labute approximate surface area is 282 Å². The van der Waals surface area contributed by atoms with Crippen LogP contribution in [0.4, 0.5) is 0 Å². The molecular formula is C44H29N5. The summed E-state index contributed by atoms with van der Waals surface area (Å²) in [4.78, 5) is 5.05. The lowest BCUT2D eigenvalue weighted by Gasteiger charge is -2.10. The molecule has 4 aromatic heterocycles. The zero-order valence-electron chi connectivity index (χ0n) is 26.5. The molecule has 5 heteroatoms. The lowest BCUT2D eigenvalue weighted by Crippen LogP contribution is -1.95. The summed E-state index contributed by atoms with van der Waals surface area (Å²) in [6, 6.07) is 57.8. The Hall–Kier alpha value is -6.72. The van der Waals surface area contributed by atoms with Crippen molar-refractivity contribution in [2.45, 2.75) is 0 Å². The molecule has 0 saturated heterocycles. The Morgan fingerprint density at radius 2 is 1.10 bits per heavy atom. The molecule has 0 aliphatic carbocycles. The standard InChI is InChI=1S/C44H29N5/c1-3-10-30(11-4-1)31-17-19-32(20-18-31)36-15-9-28-48-44(36)45-43(46-48)33-21-23-35(24-22-33)49-41-16-8-7-14-37(41)38-25-26-40-39(42(38)49)27-29-47(40)34-12-5-2-6-13-34/h1-29H. The molecule has 0 N–H and O–H groups in total. The number of aromatic nitrogens is 5. The van der Waals surface area contributed by atoms with E-state index in [-0.39, 0.29) is 0 Å². The minimum atomic E-state index is 0.699. The molecule has 0 spiro atoms. The molecule has 49 heavy (non-hydrogen) atoms. The molecule has 4 heterocycles. The van der Waals surface area contributed by atoms with Gasteiger partial charge in [-0.05, 0) is 83.4 Å². The van der Waals surface area contributed by atoms with E-state index in [9.17, 15) is 0 Å². The molecular weight excluding hydrogens is 599 g/mol. The van der Waals surface area contributed by atoms with Crippen LogP contribution in [-0.2, 0) is 0 Å². The van der Waals surface area contributed by atoms with Crippen molar-refractivity contribution in [2.75, 3.05) is 0 Å². The Morgan fingerprint density at radius 3 is 1.92 bits per heavy atom. The summed E-state index contributed by atoms with van der Waals surface area (Å²) in [6.07, 6.45) is 4.14. The number of rotatable bonds is 5. The molecule has 0 saturated carbocycles.